The molecule has 0 radical (unpaired) electrons. The maximum atomic E-state index is 11.7. The molecule has 0 N–H and O–H groups in total. The third-order valence-electron chi connectivity index (χ3n) is 3.68. The van der Waals surface area contributed by atoms with Crippen molar-refractivity contribution in [1.29, 1.82) is 0 Å². The normalized spacial score (nSPS) is 12.9. The van der Waals surface area contributed by atoms with Gasteiger partial charge in [0.2, 0.25) is 0 Å². The van der Waals surface area contributed by atoms with Crippen LogP contribution in [0.2, 0.25) is 0 Å². The van der Waals surface area contributed by atoms with Gasteiger partial charge in [-0.25, -0.2) is 0 Å². The number of ketones is 3. The van der Waals surface area contributed by atoms with Crippen LogP contribution >= 0.6 is 0 Å². The van der Waals surface area contributed by atoms with Crippen molar-refractivity contribution in [3.63, 3.8) is 0 Å². The molecule has 5 heteroatoms. The largest absolute Gasteiger partial charge is 0.457 e. The van der Waals surface area contributed by atoms with Crippen LogP contribution in [0.1, 0.15) is 54.8 Å². The highest BCUT2D eigenvalue weighted by atomic mass is 16.5. The highest BCUT2D eigenvalue weighted by molar-refractivity contribution is 6.24. The summed E-state index contributed by atoms with van der Waals surface area (Å²) in [5.41, 5.74) is 1.32. The fourth-order valence-electron chi connectivity index (χ4n) is 2.54. The Morgan fingerprint density at radius 1 is 1.00 bits per heavy atom. The van der Waals surface area contributed by atoms with E-state index < -0.39 is 0 Å². The van der Waals surface area contributed by atoms with Crippen molar-refractivity contribution in [2.24, 2.45) is 0 Å². The number of rotatable bonds is 4. The Kier molecular flexibility index (Phi) is 3.62. The molecule has 0 fully saturated rings. The summed E-state index contributed by atoms with van der Waals surface area (Å²) in [6, 6.07) is 9.22. The van der Waals surface area contributed by atoms with E-state index in [4.69, 9.17) is 4.74 Å². The predicted molar refractivity (Wildman–Crippen MR) is 81.6 cm³/mol. The van der Waals surface area contributed by atoms with Crippen molar-refractivity contribution in [3.8, 4) is 11.5 Å². The Balaban J connectivity index is 1.94. The highest BCUT2D eigenvalue weighted by Crippen LogP contribution is 2.29. The van der Waals surface area contributed by atoms with Crippen LogP contribution in [-0.4, -0.2) is 23.6 Å². The van der Waals surface area contributed by atoms with E-state index in [1.807, 2.05) is 0 Å². The number of Topliss-reactive ketones (excluding diaryl/α,β-unsaturated/α-hetero) is 3. The molecule has 23 heavy (non-hydrogen) atoms. The second-order valence-corrected chi connectivity index (χ2v) is 5.26. The maximum Gasteiger partial charge on any atom is 0.171 e. The molecule has 0 aromatic heterocycles. The zero-order valence-corrected chi connectivity index (χ0v) is 12.3. The van der Waals surface area contributed by atoms with Crippen LogP contribution in [0.5, 0.6) is 11.5 Å². The Bertz CT molecular complexity index is 855. The first-order valence-electron chi connectivity index (χ1n) is 6.98. The number of ether oxygens (including phenoxy) is 1. The summed E-state index contributed by atoms with van der Waals surface area (Å²) >= 11 is 0. The molecule has 0 heterocycles. The Morgan fingerprint density at radius 2 is 1.65 bits per heavy atom. The van der Waals surface area contributed by atoms with Crippen molar-refractivity contribution >= 4 is 23.6 Å². The quantitative estimate of drug-likeness (QED) is 0.492. The monoisotopic (exact) mass is 308 g/mol. The average molecular weight is 308 g/mol. The predicted octanol–water partition coefficient (Wildman–Crippen LogP) is 3.26. The Morgan fingerprint density at radius 3 is 2.35 bits per heavy atom. The van der Waals surface area contributed by atoms with E-state index in [1.165, 1.54) is 25.1 Å². The molecule has 5 nitrogen and oxygen atoms in total. The van der Waals surface area contributed by atoms with Gasteiger partial charge in [-0.05, 0) is 43.3 Å². The zero-order chi connectivity index (χ0) is 16.6. The molecule has 114 valence electrons. The minimum absolute atomic E-state index is 0.110. The topological polar surface area (TPSA) is 77.5 Å². The summed E-state index contributed by atoms with van der Waals surface area (Å²) in [4.78, 5) is 45.9. The van der Waals surface area contributed by atoms with Gasteiger partial charge in [0.1, 0.15) is 11.5 Å². The number of benzene rings is 2. The smallest absolute Gasteiger partial charge is 0.171 e. The fraction of sp³-hybridized carbons (Fsp3) is 0.111. The lowest BCUT2D eigenvalue weighted by atomic mass is 10.1. The number of carbonyl (C=O) groups is 4. The van der Waals surface area contributed by atoms with Crippen LogP contribution in [0.3, 0.4) is 0 Å². The molecule has 0 saturated carbocycles. The van der Waals surface area contributed by atoms with Gasteiger partial charge < -0.3 is 4.74 Å². The lowest BCUT2D eigenvalue weighted by Gasteiger charge is -2.09. The van der Waals surface area contributed by atoms with Gasteiger partial charge in [0.05, 0.1) is 6.42 Å². The third-order valence-corrected chi connectivity index (χ3v) is 3.68. The molecule has 0 spiro atoms. The number of hydrogen-bond acceptors (Lipinski definition) is 5. The van der Waals surface area contributed by atoms with E-state index in [2.05, 4.69) is 0 Å². The first kappa shape index (κ1) is 14.8. The number of fused-ring (bicyclic) bond motifs is 1. The minimum Gasteiger partial charge on any atom is -0.457 e. The summed E-state index contributed by atoms with van der Waals surface area (Å²) in [6.07, 6.45) is 0.501. The highest BCUT2D eigenvalue weighted by Gasteiger charge is 2.27. The van der Waals surface area contributed by atoms with Crippen molar-refractivity contribution in [2.45, 2.75) is 13.3 Å². The molecule has 0 atom stereocenters. The van der Waals surface area contributed by atoms with E-state index in [0.29, 0.717) is 34.5 Å². The van der Waals surface area contributed by atoms with Gasteiger partial charge in [-0.1, -0.05) is 0 Å². The van der Waals surface area contributed by atoms with Gasteiger partial charge in [-0.3, -0.25) is 19.2 Å². The molecule has 2 aromatic rings. The summed E-state index contributed by atoms with van der Waals surface area (Å²) in [5.74, 6) is 0.104. The zero-order valence-electron chi connectivity index (χ0n) is 12.3. The lowest BCUT2D eigenvalue weighted by molar-refractivity contribution is 0.0921. The van der Waals surface area contributed by atoms with Crippen molar-refractivity contribution in [3.05, 3.63) is 58.7 Å². The number of carbonyl (C=O) groups excluding carboxylic acids is 4. The van der Waals surface area contributed by atoms with Crippen molar-refractivity contribution < 1.29 is 23.9 Å². The summed E-state index contributed by atoms with van der Waals surface area (Å²) in [7, 11) is 0. The minimum atomic E-state index is -0.243. The van der Waals surface area contributed by atoms with Crippen LogP contribution in [0, 0.1) is 0 Å². The van der Waals surface area contributed by atoms with E-state index in [1.54, 1.807) is 18.2 Å². The van der Waals surface area contributed by atoms with E-state index in [-0.39, 0.29) is 29.3 Å². The average Bonchev–Trinajstić information content (AvgIpc) is 2.81. The first-order chi connectivity index (χ1) is 11.0. The SMILES string of the molecule is CC(=O)c1cc(Oc2ccc3c(c2)C(=O)CC3=O)ccc1C=O. The van der Waals surface area contributed by atoms with Crippen LogP contribution in [-0.2, 0) is 0 Å². The van der Waals surface area contributed by atoms with Gasteiger partial charge in [0.25, 0.3) is 0 Å². The molecular weight excluding hydrogens is 296 g/mol. The summed E-state index contributed by atoms with van der Waals surface area (Å²) in [5, 5.41) is 0. The maximum absolute atomic E-state index is 11.7. The van der Waals surface area contributed by atoms with E-state index in [9.17, 15) is 19.2 Å². The van der Waals surface area contributed by atoms with Crippen LogP contribution < -0.4 is 4.74 Å². The van der Waals surface area contributed by atoms with Gasteiger partial charge in [0.15, 0.2) is 23.6 Å². The lowest BCUT2D eigenvalue weighted by Crippen LogP contribution is -1.99. The van der Waals surface area contributed by atoms with Gasteiger partial charge in [-0.2, -0.15) is 0 Å². The van der Waals surface area contributed by atoms with Crippen LogP contribution in [0.15, 0.2) is 36.4 Å². The molecular formula is C18H12O5. The van der Waals surface area contributed by atoms with Crippen molar-refractivity contribution in [1.82, 2.24) is 0 Å². The van der Waals surface area contributed by atoms with E-state index >= 15 is 0 Å². The number of hydrogen-bond donors (Lipinski definition) is 0. The van der Waals surface area contributed by atoms with Crippen LogP contribution in [0.25, 0.3) is 0 Å². The molecule has 3 rings (SSSR count). The van der Waals surface area contributed by atoms with Gasteiger partial charge >= 0.3 is 0 Å². The molecule has 0 amide bonds. The van der Waals surface area contributed by atoms with Gasteiger partial charge in [-0.15, -0.1) is 0 Å². The molecule has 1 aliphatic rings. The molecule has 0 saturated heterocycles. The fourth-order valence-corrected chi connectivity index (χ4v) is 2.54. The molecule has 2 aromatic carbocycles. The first-order valence-corrected chi connectivity index (χ1v) is 6.98. The standard InChI is InChI=1S/C18H12O5/c1-10(20)15-6-12(3-2-11(15)9-19)23-13-4-5-14-16(7-13)18(22)8-17(14)21/h2-7,9H,8H2,1H3. The van der Waals surface area contributed by atoms with Crippen LogP contribution in [0.4, 0.5) is 0 Å². The molecule has 0 unspecified atom stereocenters. The summed E-state index contributed by atoms with van der Waals surface area (Å²) in [6.45, 7) is 1.37. The summed E-state index contributed by atoms with van der Waals surface area (Å²) < 4.78 is 5.65. The third kappa shape index (κ3) is 2.68. The van der Waals surface area contributed by atoms with Crippen molar-refractivity contribution in [2.75, 3.05) is 0 Å². The molecule has 1 aliphatic carbocycles. The second kappa shape index (κ2) is 5.61. The van der Waals surface area contributed by atoms with Gasteiger partial charge in [0, 0.05) is 22.3 Å². The Hall–Kier alpha value is -3.08. The second-order valence-electron chi connectivity index (χ2n) is 5.26. The van der Waals surface area contributed by atoms with E-state index in [0.717, 1.165) is 0 Å². The number of aldehydes is 1. The molecule has 0 bridgehead atoms. The molecule has 0 aliphatic heterocycles. The Labute approximate surface area is 131 Å².